The van der Waals surface area contributed by atoms with Crippen LogP contribution in [-0.4, -0.2) is 18.6 Å². The van der Waals surface area contributed by atoms with Gasteiger partial charge in [-0.3, -0.25) is 4.79 Å². The van der Waals surface area contributed by atoms with Gasteiger partial charge in [-0.1, -0.05) is 20.3 Å². The van der Waals surface area contributed by atoms with Gasteiger partial charge in [0, 0.05) is 6.54 Å². The van der Waals surface area contributed by atoms with Crippen LogP contribution in [0.15, 0.2) is 0 Å². The van der Waals surface area contributed by atoms with Crippen molar-refractivity contribution >= 4 is 5.97 Å². The molecule has 2 aliphatic rings. The van der Waals surface area contributed by atoms with Crippen molar-refractivity contribution < 1.29 is 9.53 Å². The lowest BCUT2D eigenvalue weighted by Gasteiger charge is -2.40. The van der Waals surface area contributed by atoms with Crippen LogP contribution in [0.4, 0.5) is 0 Å². The first-order valence-corrected chi connectivity index (χ1v) is 6.97. The predicted octanol–water partition coefficient (Wildman–Crippen LogP) is 2.48. The lowest BCUT2D eigenvalue weighted by Crippen LogP contribution is -2.47. The third kappa shape index (κ3) is 2.65. The van der Waals surface area contributed by atoms with Crippen LogP contribution in [0, 0.1) is 17.3 Å². The fraction of sp³-hybridized carbons (Fsp3) is 0.929. The number of rotatable bonds is 3. The van der Waals surface area contributed by atoms with E-state index >= 15 is 0 Å². The molecule has 2 N–H and O–H groups in total. The second-order valence-electron chi connectivity index (χ2n) is 6.28. The van der Waals surface area contributed by atoms with Crippen LogP contribution < -0.4 is 5.73 Å². The second-order valence-corrected chi connectivity index (χ2v) is 6.28. The first-order valence-electron chi connectivity index (χ1n) is 6.97. The maximum absolute atomic E-state index is 12.2. The van der Waals surface area contributed by atoms with E-state index < -0.39 is 0 Å². The summed E-state index contributed by atoms with van der Waals surface area (Å²) in [6.07, 6.45) is 6.39. The molecule has 2 fully saturated rings. The molecule has 2 aliphatic carbocycles. The molecule has 0 aromatic rings. The zero-order valence-electron chi connectivity index (χ0n) is 11.1. The van der Waals surface area contributed by atoms with E-state index in [1.807, 2.05) is 0 Å². The van der Waals surface area contributed by atoms with Crippen LogP contribution in [0.3, 0.4) is 0 Å². The van der Waals surface area contributed by atoms with Crippen LogP contribution in [0.2, 0.25) is 0 Å². The van der Waals surface area contributed by atoms with Gasteiger partial charge >= 0.3 is 5.97 Å². The molecular weight excluding hydrogens is 214 g/mol. The van der Waals surface area contributed by atoms with Crippen molar-refractivity contribution in [1.82, 2.24) is 0 Å². The summed E-state index contributed by atoms with van der Waals surface area (Å²) in [5, 5.41) is 0. The van der Waals surface area contributed by atoms with Crippen molar-refractivity contribution in [2.45, 2.75) is 58.5 Å². The molecule has 0 radical (unpaired) electrons. The molecule has 17 heavy (non-hydrogen) atoms. The highest BCUT2D eigenvalue weighted by Crippen LogP contribution is 2.42. The second kappa shape index (κ2) is 4.97. The van der Waals surface area contributed by atoms with Gasteiger partial charge in [-0.25, -0.2) is 0 Å². The summed E-state index contributed by atoms with van der Waals surface area (Å²) in [4.78, 5) is 12.2. The number of ether oxygens (including phenoxy) is 1. The van der Waals surface area contributed by atoms with E-state index in [1.54, 1.807) is 0 Å². The Kier molecular flexibility index (Phi) is 3.76. The van der Waals surface area contributed by atoms with Gasteiger partial charge in [0.05, 0.1) is 5.41 Å². The number of esters is 1. The minimum absolute atomic E-state index is 0.0300. The third-order valence-corrected chi connectivity index (χ3v) is 4.54. The summed E-state index contributed by atoms with van der Waals surface area (Å²) >= 11 is 0. The lowest BCUT2D eigenvalue weighted by molar-refractivity contribution is -0.169. The average molecular weight is 239 g/mol. The summed E-state index contributed by atoms with van der Waals surface area (Å²) in [6.45, 7) is 4.95. The smallest absolute Gasteiger partial charge is 0.313 e. The van der Waals surface area contributed by atoms with Gasteiger partial charge in [0.2, 0.25) is 0 Å². The number of carbonyl (C=O) groups is 1. The zero-order valence-corrected chi connectivity index (χ0v) is 11.1. The van der Waals surface area contributed by atoms with E-state index in [-0.39, 0.29) is 17.5 Å². The third-order valence-electron chi connectivity index (χ3n) is 4.54. The molecular formula is C14H25NO2. The largest absolute Gasteiger partial charge is 0.462 e. The Balaban J connectivity index is 1.89. The van der Waals surface area contributed by atoms with Crippen LogP contribution in [-0.2, 0) is 9.53 Å². The molecule has 0 saturated heterocycles. The maximum atomic E-state index is 12.2. The molecule has 2 rings (SSSR count). The Hall–Kier alpha value is -0.570. The topological polar surface area (TPSA) is 52.3 Å². The number of nitrogens with two attached hydrogens (primary N) is 1. The molecule has 98 valence electrons. The molecule has 2 saturated carbocycles. The van der Waals surface area contributed by atoms with Gasteiger partial charge in [-0.15, -0.1) is 0 Å². The standard InChI is InChI=1S/C14H25NO2/c1-10-6-11(2)8-12(7-10)17-13(16)14(9-15)4-3-5-14/h10-12H,3-9,15H2,1-2H3. The molecule has 0 aromatic heterocycles. The Morgan fingerprint density at radius 1 is 1.24 bits per heavy atom. The van der Waals surface area contributed by atoms with E-state index in [9.17, 15) is 4.79 Å². The molecule has 2 unspecified atom stereocenters. The summed E-state index contributed by atoms with van der Waals surface area (Å²) in [5.41, 5.74) is 5.40. The molecule has 0 amide bonds. The lowest BCUT2D eigenvalue weighted by atomic mass is 9.69. The normalized spacial score (nSPS) is 36.1. The van der Waals surface area contributed by atoms with E-state index in [0.29, 0.717) is 18.4 Å². The summed E-state index contributed by atoms with van der Waals surface area (Å²) < 4.78 is 5.71. The van der Waals surface area contributed by atoms with E-state index in [1.165, 1.54) is 6.42 Å². The fourth-order valence-electron chi connectivity index (χ4n) is 3.34. The Morgan fingerprint density at radius 2 is 1.82 bits per heavy atom. The van der Waals surface area contributed by atoms with Crippen LogP contribution in [0.5, 0.6) is 0 Å². The fourth-order valence-corrected chi connectivity index (χ4v) is 3.34. The van der Waals surface area contributed by atoms with Gasteiger partial charge in [0.25, 0.3) is 0 Å². The van der Waals surface area contributed by atoms with Crippen molar-refractivity contribution in [3.8, 4) is 0 Å². The van der Waals surface area contributed by atoms with Crippen LogP contribution in [0.1, 0.15) is 52.4 Å². The molecule has 0 aliphatic heterocycles. The Bertz CT molecular complexity index is 270. The minimum Gasteiger partial charge on any atom is -0.462 e. The quantitative estimate of drug-likeness (QED) is 0.770. The van der Waals surface area contributed by atoms with Crippen LogP contribution in [0.25, 0.3) is 0 Å². The number of carbonyl (C=O) groups excluding carboxylic acids is 1. The first kappa shape index (κ1) is 12.9. The van der Waals surface area contributed by atoms with Crippen molar-refractivity contribution in [2.24, 2.45) is 23.0 Å². The van der Waals surface area contributed by atoms with Crippen molar-refractivity contribution in [3.05, 3.63) is 0 Å². The van der Waals surface area contributed by atoms with Gasteiger partial charge in [0.15, 0.2) is 0 Å². The Morgan fingerprint density at radius 3 is 2.24 bits per heavy atom. The molecule has 3 nitrogen and oxygen atoms in total. The van der Waals surface area contributed by atoms with E-state index in [2.05, 4.69) is 13.8 Å². The van der Waals surface area contributed by atoms with Crippen LogP contribution >= 0.6 is 0 Å². The number of hydrogen-bond acceptors (Lipinski definition) is 3. The SMILES string of the molecule is CC1CC(C)CC(OC(=O)C2(CN)CCC2)C1. The first-order chi connectivity index (χ1) is 8.05. The molecule has 2 atom stereocenters. The maximum Gasteiger partial charge on any atom is 0.313 e. The summed E-state index contributed by atoms with van der Waals surface area (Å²) in [7, 11) is 0. The highest BCUT2D eigenvalue weighted by Gasteiger charge is 2.45. The highest BCUT2D eigenvalue weighted by atomic mass is 16.5. The van der Waals surface area contributed by atoms with E-state index in [0.717, 1.165) is 32.1 Å². The highest BCUT2D eigenvalue weighted by molar-refractivity contribution is 5.78. The number of hydrogen-bond donors (Lipinski definition) is 1. The van der Waals surface area contributed by atoms with Gasteiger partial charge in [-0.05, 0) is 43.9 Å². The summed E-state index contributed by atoms with van der Waals surface area (Å²) in [6, 6.07) is 0. The van der Waals surface area contributed by atoms with Crippen molar-refractivity contribution in [1.29, 1.82) is 0 Å². The molecule has 0 spiro atoms. The molecule has 0 bridgehead atoms. The molecule has 3 heteroatoms. The Labute approximate surface area is 104 Å². The predicted molar refractivity (Wildman–Crippen MR) is 67.4 cm³/mol. The molecule has 0 heterocycles. The van der Waals surface area contributed by atoms with Gasteiger partial charge < -0.3 is 10.5 Å². The van der Waals surface area contributed by atoms with Crippen molar-refractivity contribution in [3.63, 3.8) is 0 Å². The van der Waals surface area contributed by atoms with Gasteiger partial charge in [0.1, 0.15) is 6.10 Å². The summed E-state index contributed by atoms with van der Waals surface area (Å²) in [5.74, 6) is 1.32. The average Bonchev–Trinajstić information content (AvgIpc) is 2.14. The zero-order chi connectivity index (χ0) is 12.5. The minimum atomic E-state index is -0.329. The van der Waals surface area contributed by atoms with Gasteiger partial charge in [-0.2, -0.15) is 0 Å². The van der Waals surface area contributed by atoms with Crippen molar-refractivity contribution in [2.75, 3.05) is 6.54 Å². The van der Waals surface area contributed by atoms with E-state index in [4.69, 9.17) is 10.5 Å². The monoisotopic (exact) mass is 239 g/mol. The molecule has 0 aromatic carbocycles.